The molecule has 26 heteroatoms. The second-order valence-electron chi connectivity index (χ2n) is 17.9. The third-order valence-electron chi connectivity index (χ3n) is 11.8. The Hall–Kier alpha value is -2.70. The van der Waals surface area contributed by atoms with E-state index in [2.05, 4.69) is 71.7 Å². The Morgan fingerprint density at radius 2 is 1.57 bits per heavy atom. The van der Waals surface area contributed by atoms with E-state index >= 15 is 0 Å². The second-order valence-corrected chi connectivity index (χ2v) is 31.1. The predicted octanol–water partition coefficient (Wildman–Crippen LogP) is 4.85. The largest absolute Gasteiger partial charge is 0.408 e. The number of aliphatic hydroxyl groups is 1. The number of hydrogen-bond donors (Lipinski definition) is 3. The molecule has 0 bridgehead atoms. The van der Waals surface area contributed by atoms with E-state index in [4.69, 9.17) is 48.2 Å². The van der Waals surface area contributed by atoms with Gasteiger partial charge in [0.25, 0.3) is 5.56 Å². The monoisotopic (exact) mass is 943 g/mol. The first kappa shape index (κ1) is 47.8. The van der Waals surface area contributed by atoms with Crippen LogP contribution >= 0.6 is 15.0 Å². The van der Waals surface area contributed by atoms with Gasteiger partial charge in [0.2, 0.25) is 0 Å². The van der Waals surface area contributed by atoms with Crippen molar-refractivity contribution in [1.82, 2.24) is 39.3 Å². The number of aromatic amines is 1. The first-order chi connectivity index (χ1) is 28.5. The molecule has 4 aromatic rings. The molecule has 0 radical (unpaired) electrons. The van der Waals surface area contributed by atoms with E-state index in [9.17, 15) is 24.6 Å². The molecule has 2 saturated heterocycles. The van der Waals surface area contributed by atoms with Crippen molar-refractivity contribution in [2.75, 3.05) is 19.8 Å². The lowest BCUT2D eigenvalue weighted by Crippen LogP contribution is -2.50. The molecule has 0 aromatic carbocycles. The van der Waals surface area contributed by atoms with Crippen molar-refractivity contribution in [3.8, 4) is 6.07 Å². The fourth-order valence-corrected chi connectivity index (χ4v) is 11.7. The molecular formula is C35H55N9O12P2SSi2. The molecule has 0 saturated carbocycles. The molecule has 61 heavy (non-hydrogen) atoms. The summed E-state index contributed by atoms with van der Waals surface area (Å²) in [5.41, 5.74) is 0.770. The average molecular weight is 944 g/mol. The fourth-order valence-electron chi connectivity index (χ4n) is 6.49. The summed E-state index contributed by atoms with van der Waals surface area (Å²) in [4.78, 5) is 40.2. The summed E-state index contributed by atoms with van der Waals surface area (Å²) in [7, 11) is -8.88. The summed E-state index contributed by atoms with van der Waals surface area (Å²) in [6, 6.07) is 2.04. The number of nitriles is 1. The summed E-state index contributed by atoms with van der Waals surface area (Å²) in [5, 5.41) is 26.0. The van der Waals surface area contributed by atoms with Crippen LogP contribution in [0.5, 0.6) is 0 Å². The van der Waals surface area contributed by atoms with Crippen LogP contribution < -0.4 is 5.56 Å². The topological polar surface area (TPSA) is 262 Å². The molecule has 21 nitrogen and oxygen atoms in total. The first-order valence-electron chi connectivity index (χ1n) is 19.6. The highest BCUT2D eigenvalue weighted by molar-refractivity contribution is 8.07. The summed E-state index contributed by atoms with van der Waals surface area (Å²) >= 11 is 6.12. The maximum absolute atomic E-state index is 12.7. The van der Waals surface area contributed by atoms with Gasteiger partial charge in [0, 0.05) is 0 Å². The Bertz CT molecular complexity index is 2350. The molecule has 10 atom stereocenters. The number of fused-ring (bicyclic) bond motifs is 2. The van der Waals surface area contributed by atoms with Crippen LogP contribution in [0.2, 0.25) is 36.3 Å². The Morgan fingerprint density at radius 3 is 2.21 bits per heavy atom. The average Bonchev–Trinajstić information content (AvgIpc) is 3.94. The van der Waals surface area contributed by atoms with Crippen molar-refractivity contribution in [2.45, 2.75) is 133 Å². The molecule has 2 aliphatic heterocycles. The number of H-pyrrole nitrogens is 1. The molecule has 0 spiro atoms. The van der Waals surface area contributed by atoms with Gasteiger partial charge in [-0.15, -0.1) is 0 Å². The molecule has 6 rings (SSSR count). The van der Waals surface area contributed by atoms with Gasteiger partial charge in [-0.25, -0.2) is 25.0 Å². The van der Waals surface area contributed by atoms with Gasteiger partial charge in [0.15, 0.2) is 40.3 Å². The van der Waals surface area contributed by atoms with Crippen LogP contribution in [0.3, 0.4) is 0 Å². The summed E-state index contributed by atoms with van der Waals surface area (Å²) < 4.78 is 67.9. The van der Waals surface area contributed by atoms with Crippen molar-refractivity contribution >= 4 is 65.6 Å². The van der Waals surface area contributed by atoms with E-state index in [1.807, 2.05) is 32.3 Å². The van der Waals surface area contributed by atoms with Gasteiger partial charge < -0.3 is 41.9 Å². The fraction of sp³-hybridized carbons (Fsp3) is 0.686. The van der Waals surface area contributed by atoms with Crippen molar-refractivity contribution in [2.24, 2.45) is 0 Å². The van der Waals surface area contributed by atoms with Gasteiger partial charge in [-0.3, -0.25) is 23.0 Å². The number of aromatic nitrogens is 8. The highest BCUT2D eigenvalue weighted by Gasteiger charge is 2.55. The molecule has 4 aromatic heterocycles. The Kier molecular flexibility index (Phi) is 14.4. The summed E-state index contributed by atoms with van der Waals surface area (Å²) in [6.45, 7) is 15.5. The van der Waals surface area contributed by atoms with Crippen LogP contribution in [0.15, 0.2) is 36.2 Å². The minimum Gasteiger partial charge on any atom is -0.408 e. The minimum absolute atomic E-state index is 0.0717. The van der Waals surface area contributed by atoms with Crippen LogP contribution in [0.25, 0.3) is 22.2 Å². The zero-order chi connectivity index (χ0) is 44.7. The van der Waals surface area contributed by atoms with Crippen LogP contribution in [0.4, 0.5) is 0 Å². The van der Waals surface area contributed by atoms with E-state index in [0.29, 0.717) is 16.7 Å². The van der Waals surface area contributed by atoms with Gasteiger partial charge in [0.1, 0.15) is 48.5 Å². The van der Waals surface area contributed by atoms with Crippen molar-refractivity contribution in [3.63, 3.8) is 0 Å². The minimum atomic E-state index is -4.01. The highest BCUT2D eigenvalue weighted by Crippen LogP contribution is 2.56. The number of hydrogen-bond acceptors (Lipinski definition) is 18. The van der Waals surface area contributed by atoms with Crippen LogP contribution in [-0.4, -0.2) is 122 Å². The van der Waals surface area contributed by atoms with E-state index in [1.165, 1.54) is 25.2 Å². The van der Waals surface area contributed by atoms with E-state index < -0.39 is 99.5 Å². The smallest absolute Gasteiger partial charge is 0.327 e. The first-order valence-corrected chi connectivity index (χ1v) is 29.3. The second kappa shape index (κ2) is 18.4. The lowest BCUT2D eigenvalue weighted by Gasteiger charge is -2.41. The molecule has 0 amide bonds. The SMILES string of the molecule is CC(C)(C)[Si](C)(C)O[C@@H]1[C@H](O[PH](=O)O)[C@@H](COP(=S)(OCCC#N)O[C@H]2C(n3cnc4c(=O)[nH]ncc43)O[C@H](CO)[C@H]2O[Si](C)(C)C(C)(C)C)O[C@H]1n1cnc2cncnc21. The van der Waals surface area contributed by atoms with Gasteiger partial charge >= 0.3 is 15.0 Å². The molecule has 3 unspecified atom stereocenters. The van der Waals surface area contributed by atoms with Gasteiger partial charge in [0.05, 0.1) is 62.9 Å². The lowest BCUT2D eigenvalue weighted by atomic mass is 10.1. The number of aliphatic hydroxyl groups excluding tert-OH is 1. The summed E-state index contributed by atoms with van der Waals surface area (Å²) in [6.07, 6.45) is -1.20. The van der Waals surface area contributed by atoms with Gasteiger partial charge in [-0.05, 0) is 48.1 Å². The van der Waals surface area contributed by atoms with Crippen molar-refractivity contribution in [3.05, 3.63) is 41.7 Å². The number of rotatable bonds is 17. The molecule has 3 N–H and O–H groups in total. The molecular weight excluding hydrogens is 889 g/mol. The Labute approximate surface area is 360 Å². The van der Waals surface area contributed by atoms with Crippen LogP contribution in [-0.2, 0) is 52.8 Å². The maximum Gasteiger partial charge on any atom is 0.327 e. The number of nitrogens with zero attached hydrogens (tertiary/aromatic N) is 8. The van der Waals surface area contributed by atoms with Crippen LogP contribution in [0.1, 0.15) is 60.4 Å². The van der Waals surface area contributed by atoms with Gasteiger partial charge in [-0.2, -0.15) is 10.4 Å². The molecule has 6 heterocycles. The zero-order valence-electron chi connectivity index (χ0n) is 35.7. The third-order valence-corrected chi connectivity index (χ3v) is 23.5. The predicted molar refractivity (Wildman–Crippen MR) is 230 cm³/mol. The van der Waals surface area contributed by atoms with Crippen molar-refractivity contribution in [1.29, 1.82) is 5.26 Å². The van der Waals surface area contributed by atoms with Crippen molar-refractivity contribution < 1.29 is 51.0 Å². The normalized spacial score (nSPS) is 26.8. The molecule has 336 valence electrons. The van der Waals surface area contributed by atoms with E-state index in [0.717, 1.165) is 0 Å². The molecule has 0 aliphatic carbocycles. The Balaban J connectivity index is 1.40. The van der Waals surface area contributed by atoms with E-state index in [-0.39, 0.29) is 28.6 Å². The number of nitrogens with one attached hydrogen (secondary N) is 1. The molecule has 2 aliphatic rings. The summed E-state index contributed by atoms with van der Waals surface area (Å²) in [5.74, 6) is 0. The standard InChI is InChI=1S/C35H55N9O12P2SSi2/c1-34(2,3)60(7,8)55-27-23(16-45)51-32(43-20-40-25-22(43)15-41-42-31(25)46)28(27)54-58(59,49-13-11-12-36)50-17-24-26(53-57(47)48)29(56-61(9,10)35(4,5)6)33(52-24)44-19-39-21-14-37-18-38-30(21)44/h14-15,18-20,23-24,26-29,32-33,45,57H,11,13,16-17H2,1-10H3,(H,42,46)(H,47,48)/t23-,24-,26-,27-,28-,29-,32?,33-,58?/m1/s1. The van der Waals surface area contributed by atoms with E-state index in [1.54, 1.807) is 15.3 Å². The third kappa shape index (κ3) is 10.2. The maximum atomic E-state index is 12.7. The quantitative estimate of drug-likeness (QED) is 0.0726. The number of ether oxygens (including phenoxy) is 2. The zero-order valence-corrected chi connectivity index (χ0v) is 40.5. The van der Waals surface area contributed by atoms with Gasteiger partial charge in [-0.1, -0.05) is 41.5 Å². The van der Waals surface area contributed by atoms with Crippen LogP contribution in [0, 0.1) is 11.3 Å². The number of imidazole rings is 2. The highest BCUT2D eigenvalue weighted by atomic mass is 32.5. The Morgan fingerprint density at radius 1 is 0.934 bits per heavy atom. The lowest BCUT2D eigenvalue weighted by molar-refractivity contribution is -0.0574. The molecule has 2 fully saturated rings.